The zero-order valence-corrected chi connectivity index (χ0v) is 11.6. The highest BCUT2D eigenvalue weighted by Gasteiger charge is 2.34. The van der Waals surface area contributed by atoms with Crippen LogP contribution in [0.25, 0.3) is 0 Å². The van der Waals surface area contributed by atoms with E-state index in [9.17, 15) is 4.79 Å². The van der Waals surface area contributed by atoms with Gasteiger partial charge in [0.25, 0.3) is 5.91 Å². The van der Waals surface area contributed by atoms with Crippen LogP contribution in [-0.4, -0.2) is 42.1 Å². The summed E-state index contributed by atoms with van der Waals surface area (Å²) in [7, 11) is 1.66. The second-order valence-corrected chi connectivity index (χ2v) is 5.05. The standard InChI is InChI=1S/C15H19N3O2/c1-20-13-4-2-12(3-5-13)7-9-17-10-11-18-14(15(17)19)6-8-16-18/h2-5,10-11,14,16H,6-9H2,1H3. The molecular weight excluding hydrogens is 254 g/mol. The number of hydrazine groups is 1. The molecule has 1 aromatic rings. The minimum absolute atomic E-state index is 0.0316. The van der Waals surface area contributed by atoms with E-state index in [4.69, 9.17) is 4.74 Å². The monoisotopic (exact) mass is 273 g/mol. The number of nitrogens with one attached hydrogen (secondary N) is 1. The molecule has 1 N–H and O–H groups in total. The van der Waals surface area contributed by atoms with Gasteiger partial charge in [-0.25, -0.2) is 5.43 Å². The van der Waals surface area contributed by atoms with Crippen molar-refractivity contribution in [2.24, 2.45) is 0 Å². The van der Waals surface area contributed by atoms with Crippen LogP contribution in [0.15, 0.2) is 36.7 Å². The Balaban J connectivity index is 1.60. The molecule has 1 unspecified atom stereocenters. The molecule has 1 fully saturated rings. The van der Waals surface area contributed by atoms with Crippen LogP contribution in [0.5, 0.6) is 5.75 Å². The van der Waals surface area contributed by atoms with Gasteiger partial charge in [-0.15, -0.1) is 0 Å². The minimum atomic E-state index is -0.0316. The van der Waals surface area contributed by atoms with Crippen LogP contribution in [0.1, 0.15) is 12.0 Å². The topological polar surface area (TPSA) is 44.8 Å². The molecule has 20 heavy (non-hydrogen) atoms. The Hall–Kier alpha value is -2.01. The Bertz CT molecular complexity index is 512. The summed E-state index contributed by atoms with van der Waals surface area (Å²) in [4.78, 5) is 14.1. The number of carbonyl (C=O) groups is 1. The highest BCUT2D eigenvalue weighted by Crippen LogP contribution is 2.18. The van der Waals surface area contributed by atoms with Crippen molar-refractivity contribution in [3.63, 3.8) is 0 Å². The first kappa shape index (κ1) is 13.0. The van der Waals surface area contributed by atoms with Gasteiger partial charge in [-0.3, -0.25) is 4.79 Å². The van der Waals surface area contributed by atoms with E-state index in [0.717, 1.165) is 25.1 Å². The van der Waals surface area contributed by atoms with Crippen LogP contribution in [0.3, 0.4) is 0 Å². The number of nitrogens with zero attached hydrogens (tertiary/aromatic N) is 2. The van der Waals surface area contributed by atoms with Crippen molar-refractivity contribution in [1.29, 1.82) is 0 Å². The SMILES string of the molecule is COc1ccc(CCN2C=CN3NCCC3C2=O)cc1. The van der Waals surface area contributed by atoms with Crippen molar-refractivity contribution in [3.05, 3.63) is 42.2 Å². The number of methoxy groups -OCH3 is 1. The van der Waals surface area contributed by atoms with Crippen molar-refractivity contribution < 1.29 is 9.53 Å². The maximum Gasteiger partial charge on any atom is 0.250 e. The molecule has 5 nitrogen and oxygen atoms in total. The van der Waals surface area contributed by atoms with Gasteiger partial charge in [-0.05, 0) is 30.5 Å². The maximum atomic E-state index is 12.3. The van der Waals surface area contributed by atoms with Crippen molar-refractivity contribution in [2.45, 2.75) is 18.9 Å². The van der Waals surface area contributed by atoms with E-state index in [1.165, 1.54) is 5.56 Å². The number of amides is 1. The lowest BCUT2D eigenvalue weighted by Crippen LogP contribution is -2.48. The normalized spacial score (nSPS) is 21.2. The molecule has 106 valence electrons. The summed E-state index contributed by atoms with van der Waals surface area (Å²) in [5.74, 6) is 1.04. The lowest BCUT2D eigenvalue weighted by atomic mass is 10.1. The van der Waals surface area contributed by atoms with E-state index >= 15 is 0 Å². The van der Waals surface area contributed by atoms with Gasteiger partial charge in [0.1, 0.15) is 11.8 Å². The van der Waals surface area contributed by atoms with Crippen LogP contribution in [0.2, 0.25) is 0 Å². The van der Waals surface area contributed by atoms with E-state index in [-0.39, 0.29) is 11.9 Å². The molecule has 1 amide bonds. The summed E-state index contributed by atoms with van der Waals surface area (Å²) in [5, 5.41) is 1.91. The fourth-order valence-corrected chi connectivity index (χ4v) is 2.62. The van der Waals surface area contributed by atoms with Gasteiger partial charge in [-0.1, -0.05) is 12.1 Å². The molecule has 0 aliphatic carbocycles. The van der Waals surface area contributed by atoms with Crippen LogP contribution in [0, 0.1) is 0 Å². The molecule has 2 aliphatic rings. The van der Waals surface area contributed by atoms with E-state index in [0.29, 0.717) is 6.54 Å². The molecule has 5 heteroatoms. The van der Waals surface area contributed by atoms with Crippen LogP contribution >= 0.6 is 0 Å². The Morgan fingerprint density at radius 2 is 2.10 bits per heavy atom. The molecule has 1 saturated heterocycles. The number of carbonyl (C=O) groups excluding carboxylic acids is 1. The fourth-order valence-electron chi connectivity index (χ4n) is 2.62. The summed E-state index contributed by atoms with van der Waals surface area (Å²) in [6, 6.07) is 7.95. The predicted molar refractivity (Wildman–Crippen MR) is 75.8 cm³/mol. The van der Waals surface area contributed by atoms with E-state index in [2.05, 4.69) is 5.43 Å². The Morgan fingerprint density at radius 1 is 1.30 bits per heavy atom. The molecule has 0 spiro atoms. The largest absolute Gasteiger partial charge is 0.497 e. The lowest BCUT2D eigenvalue weighted by molar-refractivity contribution is -0.134. The zero-order chi connectivity index (χ0) is 13.9. The maximum absolute atomic E-state index is 12.3. The molecule has 0 aromatic heterocycles. The molecule has 1 aromatic carbocycles. The molecule has 0 saturated carbocycles. The molecular formula is C15H19N3O2. The van der Waals surface area contributed by atoms with Gasteiger partial charge >= 0.3 is 0 Å². The first-order chi connectivity index (χ1) is 9.78. The van der Waals surface area contributed by atoms with Crippen LogP contribution in [-0.2, 0) is 11.2 Å². The van der Waals surface area contributed by atoms with Gasteiger partial charge in [0.2, 0.25) is 0 Å². The highest BCUT2D eigenvalue weighted by molar-refractivity contribution is 5.84. The number of fused-ring (bicyclic) bond motifs is 1. The van der Waals surface area contributed by atoms with Gasteiger partial charge in [0, 0.05) is 25.5 Å². The zero-order valence-electron chi connectivity index (χ0n) is 11.6. The van der Waals surface area contributed by atoms with Crippen molar-refractivity contribution in [1.82, 2.24) is 15.3 Å². The van der Waals surface area contributed by atoms with Crippen molar-refractivity contribution in [2.75, 3.05) is 20.2 Å². The second kappa shape index (κ2) is 5.54. The lowest BCUT2D eigenvalue weighted by Gasteiger charge is -2.31. The van der Waals surface area contributed by atoms with Crippen LogP contribution in [0.4, 0.5) is 0 Å². The number of benzene rings is 1. The molecule has 2 heterocycles. The molecule has 3 rings (SSSR count). The predicted octanol–water partition coefficient (Wildman–Crippen LogP) is 1.13. The number of hydrogen-bond acceptors (Lipinski definition) is 4. The molecule has 0 radical (unpaired) electrons. The first-order valence-corrected chi connectivity index (χ1v) is 6.91. The molecule has 1 atom stereocenters. The third-order valence-corrected chi connectivity index (χ3v) is 3.82. The highest BCUT2D eigenvalue weighted by atomic mass is 16.5. The summed E-state index contributed by atoms with van der Waals surface area (Å²) >= 11 is 0. The summed E-state index contributed by atoms with van der Waals surface area (Å²) < 4.78 is 5.14. The summed E-state index contributed by atoms with van der Waals surface area (Å²) in [6.45, 7) is 1.58. The smallest absolute Gasteiger partial charge is 0.250 e. The van der Waals surface area contributed by atoms with Crippen molar-refractivity contribution in [3.8, 4) is 5.75 Å². The Morgan fingerprint density at radius 3 is 2.85 bits per heavy atom. The first-order valence-electron chi connectivity index (χ1n) is 6.91. The van der Waals surface area contributed by atoms with Gasteiger partial charge in [0.05, 0.1) is 7.11 Å². The average molecular weight is 273 g/mol. The third-order valence-electron chi connectivity index (χ3n) is 3.82. The minimum Gasteiger partial charge on any atom is -0.497 e. The Kier molecular flexibility index (Phi) is 3.60. The fraction of sp³-hybridized carbons (Fsp3) is 0.400. The number of ether oxygens (including phenoxy) is 1. The van der Waals surface area contributed by atoms with E-state index in [1.54, 1.807) is 7.11 Å². The summed E-state index contributed by atoms with van der Waals surface area (Å²) in [6.07, 6.45) is 5.54. The van der Waals surface area contributed by atoms with Crippen LogP contribution < -0.4 is 10.2 Å². The molecule has 0 bridgehead atoms. The number of hydrogen-bond donors (Lipinski definition) is 1. The average Bonchev–Trinajstić information content (AvgIpc) is 2.96. The third kappa shape index (κ3) is 2.49. The quantitative estimate of drug-likeness (QED) is 0.893. The Labute approximate surface area is 118 Å². The number of rotatable bonds is 4. The van der Waals surface area contributed by atoms with Gasteiger partial charge < -0.3 is 14.6 Å². The van der Waals surface area contributed by atoms with Gasteiger partial charge in [0.15, 0.2) is 0 Å². The van der Waals surface area contributed by atoms with E-state index in [1.807, 2.05) is 46.6 Å². The van der Waals surface area contributed by atoms with E-state index < -0.39 is 0 Å². The summed E-state index contributed by atoms with van der Waals surface area (Å²) in [5.41, 5.74) is 4.39. The second-order valence-electron chi connectivity index (χ2n) is 5.05. The molecule has 2 aliphatic heterocycles. The van der Waals surface area contributed by atoms with Crippen molar-refractivity contribution >= 4 is 5.91 Å². The van der Waals surface area contributed by atoms with Gasteiger partial charge in [-0.2, -0.15) is 0 Å².